The average molecular weight is 200 g/mol. The van der Waals surface area contributed by atoms with Gasteiger partial charge in [-0.3, -0.25) is 10.2 Å². The fourth-order valence-corrected chi connectivity index (χ4v) is 1.58. The fraction of sp³-hybridized carbons (Fsp3) is 0.900. The molecule has 0 bridgehead atoms. The lowest BCUT2D eigenvalue weighted by atomic mass is 10.2. The minimum Gasteiger partial charge on any atom is -0.393 e. The van der Waals surface area contributed by atoms with E-state index in [1.54, 1.807) is 6.92 Å². The maximum atomic E-state index is 11.4. The second-order valence-corrected chi connectivity index (χ2v) is 3.97. The quantitative estimate of drug-likeness (QED) is 0.701. The minimum absolute atomic E-state index is 0.0211. The molecule has 82 valence electrons. The number of piperidine rings is 1. The van der Waals surface area contributed by atoms with E-state index in [1.807, 2.05) is 5.01 Å². The van der Waals surface area contributed by atoms with Crippen LogP contribution in [0.25, 0.3) is 0 Å². The summed E-state index contributed by atoms with van der Waals surface area (Å²) in [6.07, 6.45) is 4.16. The third-order valence-electron chi connectivity index (χ3n) is 2.43. The first-order valence-corrected chi connectivity index (χ1v) is 5.41. The second kappa shape index (κ2) is 5.98. The molecule has 0 radical (unpaired) electrons. The van der Waals surface area contributed by atoms with Gasteiger partial charge in [-0.2, -0.15) is 0 Å². The highest BCUT2D eigenvalue weighted by Gasteiger charge is 2.12. The van der Waals surface area contributed by atoms with Gasteiger partial charge in [-0.1, -0.05) is 6.42 Å². The standard InChI is InChI=1S/C10H20N2O2/c1-9(13)5-6-10(14)11-12-7-3-2-4-8-12/h9,13H,2-8H2,1H3,(H,11,14). The van der Waals surface area contributed by atoms with Crippen LogP contribution in [0.2, 0.25) is 0 Å². The molecule has 1 amide bonds. The Kier molecular flexibility index (Phi) is 4.90. The number of hydrogen-bond acceptors (Lipinski definition) is 3. The van der Waals surface area contributed by atoms with Crippen molar-refractivity contribution in [2.24, 2.45) is 0 Å². The maximum absolute atomic E-state index is 11.4. The summed E-state index contributed by atoms with van der Waals surface area (Å²) in [5.41, 5.74) is 2.86. The lowest BCUT2D eigenvalue weighted by Crippen LogP contribution is -2.45. The van der Waals surface area contributed by atoms with E-state index in [4.69, 9.17) is 5.11 Å². The van der Waals surface area contributed by atoms with Gasteiger partial charge in [0.1, 0.15) is 0 Å². The molecule has 1 saturated heterocycles. The lowest BCUT2D eigenvalue weighted by molar-refractivity contribution is -0.126. The zero-order chi connectivity index (χ0) is 10.4. The highest BCUT2D eigenvalue weighted by Crippen LogP contribution is 2.06. The Hall–Kier alpha value is -0.610. The van der Waals surface area contributed by atoms with E-state index in [0.29, 0.717) is 12.8 Å². The first kappa shape index (κ1) is 11.5. The van der Waals surface area contributed by atoms with Crippen molar-refractivity contribution in [3.8, 4) is 0 Å². The van der Waals surface area contributed by atoms with E-state index in [-0.39, 0.29) is 12.0 Å². The van der Waals surface area contributed by atoms with Gasteiger partial charge in [0.25, 0.3) is 0 Å². The number of carbonyl (C=O) groups is 1. The molecule has 0 aromatic heterocycles. The van der Waals surface area contributed by atoms with Gasteiger partial charge in [-0.15, -0.1) is 0 Å². The Balaban J connectivity index is 2.12. The minimum atomic E-state index is -0.387. The maximum Gasteiger partial charge on any atom is 0.234 e. The van der Waals surface area contributed by atoms with Crippen molar-refractivity contribution >= 4 is 5.91 Å². The number of hydrazine groups is 1. The number of carbonyl (C=O) groups excluding carboxylic acids is 1. The van der Waals surface area contributed by atoms with Crippen LogP contribution in [0.3, 0.4) is 0 Å². The molecule has 1 aliphatic heterocycles. The highest BCUT2D eigenvalue weighted by atomic mass is 16.3. The van der Waals surface area contributed by atoms with Gasteiger partial charge < -0.3 is 5.11 Å². The molecule has 1 atom stereocenters. The number of rotatable bonds is 4. The zero-order valence-electron chi connectivity index (χ0n) is 8.83. The average Bonchev–Trinajstić information content (AvgIpc) is 2.16. The van der Waals surface area contributed by atoms with Gasteiger partial charge in [0.05, 0.1) is 6.10 Å². The van der Waals surface area contributed by atoms with Gasteiger partial charge in [0.15, 0.2) is 0 Å². The van der Waals surface area contributed by atoms with Crippen molar-refractivity contribution in [2.45, 2.75) is 45.1 Å². The van der Waals surface area contributed by atoms with Crippen LogP contribution < -0.4 is 5.43 Å². The SMILES string of the molecule is CC(O)CCC(=O)NN1CCCCC1. The summed E-state index contributed by atoms with van der Waals surface area (Å²) in [6, 6.07) is 0. The van der Waals surface area contributed by atoms with Gasteiger partial charge in [0.2, 0.25) is 5.91 Å². The van der Waals surface area contributed by atoms with Crippen molar-refractivity contribution in [3.05, 3.63) is 0 Å². The van der Waals surface area contributed by atoms with E-state index >= 15 is 0 Å². The van der Waals surface area contributed by atoms with Crippen molar-refractivity contribution < 1.29 is 9.90 Å². The third-order valence-corrected chi connectivity index (χ3v) is 2.43. The predicted molar refractivity (Wildman–Crippen MR) is 54.5 cm³/mol. The summed E-state index contributed by atoms with van der Waals surface area (Å²) >= 11 is 0. The predicted octanol–water partition coefficient (Wildman–Crippen LogP) is 0.664. The molecule has 1 unspecified atom stereocenters. The molecular formula is C10H20N2O2. The van der Waals surface area contributed by atoms with Crippen LogP contribution in [-0.4, -0.2) is 35.2 Å². The summed E-state index contributed by atoms with van der Waals surface area (Å²) in [5.74, 6) is 0.0211. The normalized spacial score (nSPS) is 20.4. The van der Waals surface area contributed by atoms with Gasteiger partial charge in [-0.25, -0.2) is 5.01 Å². The van der Waals surface area contributed by atoms with E-state index in [1.165, 1.54) is 6.42 Å². The van der Waals surface area contributed by atoms with E-state index in [2.05, 4.69) is 5.43 Å². The summed E-state index contributed by atoms with van der Waals surface area (Å²) in [5, 5.41) is 11.0. The number of hydrogen-bond donors (Lipinski definition) is 2. The van der Waals surface area contributed by atoms with Gasteiger partial charge >= 0.3 is 0 Å². The van der Waals surface area contributed by atoms with Crippen LogP contribution in [0.5, 0.6) is 0 Å². The van der Waals surface area contributed by atoms with Crippen LogP contribution in [0.4, 0.5) is 0 Å². The molecule has 14 heavy (non-hydrogen) atoms. The van der Waals surface area contributed by atoms with Crippen molar-refractivity contribution in [1.29, 1.82) is 0 Å². The topological polar surface area (TPSA) is 52.6 Å². The van der Waals surface area contributed by atoms with Gasteiger partial charge in [-0.05, 0) is 26.2 Å². The highest BCUT2D eigenvalue weighted by molar-refractivity contribution is 5.75. The summed E-state index contributed by atoms with van der Waals surface area (Å²) in [4.78, 5) is 11.4. The summed E-state index contributed by atoms with van der Waals surface area (Å²) in [7, 11) is 0. The molecule has 0 spiro atoms. The molecule has 2 N–H and O–H groups in total. The fourth-order valence-electron chi connectivity index (χ4n) is 1.58. The number of aliphatic hydroxyl groups is 1. The van der Waals surface area contributed by atoms with E-state index in [9.17, 15) is 4.79 Å². The van der Waals surface area contributed by atoms with Crippen LogP contribution in [0.1, 0.15) is 39.0 Å². The Morgan fingerprint density at radius 3 is 2.64 bits per heavy atom. The Morgan fingerprint density at radius 1 is 1.43 bits per heavy atom. The first-order valence-electron chi connectivity index (χ1n) is 5.41. The van der Waals surface area contributed by atoms with Crippen molar-refractivity contribution in [2.75, 3.05) is 13.1 Å². The summed E-state index contributed by atoms with van der Waals surface area (Å²) < 4.78 is 0. The molecule has 1 rings (SSSR count). The van der Waals surface area contributed by atoms with Crippen molar-refractivity contribution in [1.82, 2.24) is 10.4 Å². The molecule has 0 aromatic rings. The molecule has 1 aliphatic rings. The smallest absolute Gasteiger partial charge is 0.234 e. The van der Waals surface area contributed by atoms with Crippen LogP contribution >= 0.6 is 0 Å². The number of aliphatic hydroxyl groups excluding tert-OH is 1. The Morgan fingerprint density at radius 2 is 2.07 bits per heavy atom. The first-order chi connectivity index (χ1) is 6.68. The largest absolute Gasteiger partial charge is 0.393 e. The Bertz CT molecular complexity index is 177. The molecule has 0 aromatic carbocycles. The molecular weight excluding hydrogens is 180 g/mol. The lowest BCUT2D eigenvalue weighted by Gasteiger charge is -2.26. The Labute approximate surface area is 85.3 Å². The van der Waals surface area contributed by atoms with Crippen molar-refractivity contribution in [3.63, 3.8) is 0 Å². The molecule has 0 aliphatic carbocycles. The third kappa shape index (κ3) is 4.58. The van der Waals surface area contributed by atoms with Crippen LogP contribution in [-0.2, 0) is 4.79 Å². The van der Waals surface area contributed by atoms with Gasteiger partial charge in [0, 0.05) is 19.5 Å². The molecule has 1 heterocycles. The summed E-state index contributed by atoms with van der Waals surface area (Å²) in [6.45, 7) is 3.62. The molecule has 4 heteroatoms. The molecule has 1 fully saturated rings. The molecule has 0 saturated carbocycles. The monoisotopic (exact) mass is 200 g/mol. The number of nitrogens with one attached hydrogen (secondary N) is 1. The second-order valence-electron chi connectivity index (χ2n) is 3.97. The van der Waals surface area contributed by atoms with Crippen LogP contribution in [0, 0.1) is 0 Å². The zero-order valence-corrected chi connectivity index (χ0v) is 8.83. The van der Waals surface area contributed by atoms with Crippen LogP contribution in [0.15, 0.2) is 0 Å². The van der Waals surface area contributed by atoms with E-state index < -0.39 is 0 Å². The molecule has 4 nitrogen and oxygen atoms in total. The number of amides is 1. The van der Waals surface area contributed by atoms with E-state index in [0.717, 1.165) is 25.9 Å². The number of nitrogens with zero attached hydrogens (tertiary/aromatic N) is 1.